The summed E-state index contributed by atoms with van der Waals surface area (Å²) in [6.07, 6.45) is 1.06. The summed E-state index contributed by atoms with van der Waals surface area (Å²) < 4.78 is 12.0. The van der Waals surface area contributed by atoms with Gasteiger partial charge in [-0.25, -0.2) is 0 Å². The summed E-state index contributed by atoms with van der Waals surface area (Å²) in [6.45, 7) is 14.2. The van der Waals surface area contributed by atoms with Gasteiger partial charge in [-0.2, -0.15) is 0 Å². The van der Waals surface area contributed by atoms with Crippen molar-refractivity contribution in [1.29, 1.82) is 0 Å². The van der Waals surface area contributed by atoms with Crippen LogP contribution in [0.5, 0.6) is 0 Å². The quantitative estimate of drug-likeness (QED) is 0.673. The van der Waals surface area contributed by atoms with Gasteiger partial charge in [-0.3, -0.25) is 4.79 Å². The van der Waals surface area contributed by atoms with Gasteiger partial charge in [-0.1, -0.05) is 45.0 Å². The summed E-state index contributed by atoms with van der Waals surface area (Å²) in [4.78, 5) is 8.36. The highest BCUT2D eigenvalue weighted by Crippen LogP contribution is 2.36. The summed E-state index contributed by atoms with van der Waals surface area (Å²) in [7, 11) is -0.245. The maximum Gasteiger partial charge on any atom is 0.494 e. The molecule has 124 valence electrons. The molecule has 1 fully saturated rings. The fourth-order valence-corrected chi connectivity index (χ4v) is 1.89. The molecule has 1 N–H and O–H groups in total. The van der Waals surface area contributed by atoms with Crippen LogP contribution in [0.3, 0.4) is 0 Å². The molecular weight excluding hydrogens is 279 g/mol. The number of hydrogen-bond acceptors (Lipinski definition) is 3. The van der Waals surface area contributed by atoms with Crippen LogP contribution >= 0.6 is 0 Å². The monoisotopic (exact) mass is 308 g/mol. The molecule has 2 rings (SSSR count). The van der Waals surface area contributed by atoms with Crippen LogP contribution < -0.4 is 5.46 Å². The number of aryl methyl sites for hydroxylation is 1. The van der Waals surface area contributed by atoms with E-state index in [1.54, 1.807) is 0 Å². The van der Waals surface area contributed by atoms with Gasteiger partial charge in [0.1, 0.15) is 0 Å². The largest absolute Gasteiger partial charge is 0.494 e. The van der Waals surface area contributed by atoms with Gasteiger partial charge in [-0.05, 0) is 45.1 Å². The first-order valence-electron chi connectivity index (χ1n) is 7.79. The molecular formula is C17H29BO4. The van der Waals surface area contributed by atoms with Crippen molar-refractivity contribution < 1.29 is 19.2 Å². The van der Waals surface area contributed by atoms with Crippen molar-refractivity contribution >= 4 is 19.1 Å². The zero-order valence-corrected chi connectivity index (χ0v) is 14.8. The van der Waals surface area contributed by atoms with Gasteiger partial charge in [0.05, 0.1) is 11.2 Å². The number of carboxylic acid groups (broad SMARTS) is 1. The minimum atomic E-state index is -0.263. The third-order valence-electron chi connectivity index (χ3n) is 3.91. The second-order valence-electron chi connectivity index (χ2n) is 5.79. The van der Waals surface area contributed by atoms with E-state index in [2.05, 4.69) is 58.9 Å². The van der Waals surface area contributed by atoms with Crippen LogP contribution in [0.15, 0.2) is 24.3 Å². The number of rotatable bonds is 2. The Morgan fingerprint density at radius 2 is 1.41 bits per heavy atom. The summed E-state index contributed by atoms with van der Waals surface area (Å²) in [5.74, 6) is 0. The Labute approximate surface area is 135 Å². The van der Waals surface area contributed by atoms with Crippen LogP contribution in [0.1, 0.15) is 54.0 Å². The highest BCUT2D eigenvalue weighted by atomic mass is 16.7. The van der Waals surface area contributed by atoms with Crippen molar-refractivity contribution in [3.05, 3.63) is 29.8 Å². The lowest BCUT2D eigenvalue weighted by atomic mass is 9.79. The van der Waals surface area contributed by atoms with Gasteiger partial charge in [0.25, 0.3) is 6.47 Å². The van der Waals surface area contributed by atoms with Crippen molar-refractivity contribution in [2.75, 3.05) is 0 Å². The number of benzene rings is 1. The zero-order valence-electron chi connectivity index (χ0n) is 14.8. The fraction of sp³-hybridized carbons (Fsp3) is 0.588. The van der Waals surface area contributed by atoms with E-state index >= 15 is 0 Å². The van der Waals surface area contributed by atoms with E-state index in [0.717, 1.165) is 11.9 Å². The van der Waals surface area contributed by atoms with Crippen LogP contribution in [-0.4, -0.2) is 29.9 Å². The van der Waals surface area contributed by atoms with Crippen molar-refractivity contribution in [3.8, 4) is 0 Å². The smallest absolute Gasteiger partial charge is 0.483 e. The Bertz CT molecular complexity index is 424. The Morgan fingerprint density at radius 3 is 1.73 bits per heavy atom. The lowest BCUT2D eigenvalue weighted by Crippen LogP contribution is -2.41. The first-order chi connectivity index (χ1) is 10.3. The average molecular weight is 308 g/mol. The maximum absolute atomic E-state index is 8.36. The van der Waals surface area contributed by atoms with Crippen molar-refractivity contribution in [2.45, 2.75) is 66.1 Å². The third-order valence-corrected chi connectivity index (χ3v) is 3.91. The van der Waals surface area contributed by atoms with E-state index in [1.165, 1.54) is 5.56 Å². The SMILES string of the molecule is CC.CCc1ccc(B2OC(C)(C)C(C)(C)O2)cc1.O=CO. The third kappa shape index (κ3) is 5.14. The molecule has 1 aliphatic rings. The highest BCUT2D eigenvalue weighted by molar-refractivity contribution is 6.62. The van der Waals surface area contributed by atoms with E-state index in [1.807, 2.05) is 13.8 Å². The molecule has 0 spiro atoms. The molecule has 1 aromatic rings. The van der Waals surface area contributed by atoms with E-state index in [-0.39, 0.29) is 24.8 Å². The lowest BCUT2D eigenvalue weighted by molar-refractivity contribution is -0.122. The zero-order chi connectivity index (χ0) is 17.4. The average Bonchev–Trinajstić information content (AvgIpc) is 2.70. The molecule has 0 atom stereocenters. The topological polar surface area (TPSA) is 55.8 Å². The van der Waals surface area contributed by atoms with Crippen molar-refractivity contribution in [2.24, 2.45) is 0 Å². The van der Waals surface area contributed by atoms with Gasteiger partial charge >= 0.3 is 7.12 Å². The first-order valence-corrected chi connectivity index (χ1v) is 7.79. The van der Waals surface area contributed by atoms with E-state index < -0.39 is 0 Å². The summed E-state index contributed by atoms with van der Waals surface area (Å²) >= 11 is 0. The normalized spacial score (nSPS) is 17.7. The molecule has 0 unspecified atom stereocenters. The summed E-state index contributed by atoms with van der Waals surface area (Å²) in [5.41, 5.74) is 1.91. The van der Waals surface area contributed by atoms with Gasteiger partial charge in [0, 0.05) is 0 Å². The van der Waals surface area contributed by atoms with Crippen LogP contribution in [0.4, 0.5) is 0 Å². The minimum absolute atomic E-state index is 0.245. The molecule has 1 saturated heterocycles. The van der Waals surface area contributed by atoms with Crippen LogP contribution in [-0.2, 0) is 20.5 Å². The van der Waals surface area contributed by atoms with E-state index in [0.29, 0.717) is 0 Å². The Morgan fingerprint density at radius 1 is 1.05 bits per heavy atom. The second-order valence-corrected chi connectivity index (χ2v) is 5.79. The molecule has 0 aromatic heterocycles. The van der Waals surface area contributed by atoms with E-state index in [4.69, 9.17) is 19.2 Å². The first kappa shape index (κ1) is 20.7. The molecule has 1 aromatic carbocycles. The van der Waals surface area contributed by atoms with Crippen LogP contribution in [0.2, 0.25) is 0 Å². The molecule has 0 amide bonds. The van der Waals surface area contributed by atoms with Gasteiger partial charge in [0.2, 0.25) is 0 Å². The van der Waals surface area contributed by atoms with Crippen LogP contribution in [0.25, 0.3) is 0 Å². The van der Waals surface area contributed by atoms with Gasteiger partial charge in [0.15, 0.2) is 0 Å². The molecule has 22 heavy (non-hydrogen) atoms. The van der Waals surface area contributed by atoms with E-state index in [9.17, 15) is 0 Å². The Hall–Kier alpha value is -1.33. The number of hydrogen-bond donors (Lipinski definition) is 1. The molecule has 0 bridgehead atoms. The van der Waals surface area contributed by atoms with Crippen LogP contribution in [0, 0.1) is 0 Å². The summed E-state index contributed by atoms with van der Waals surface area (Å²) in [5, 5.41) is 6.89. The molecule has 1 aliphatic heterocycles. The Balaban J connectivity index is 0.000000789. The highest BCUT2D eigenvalue weighted by Gasteiger charge is 2.51. The molecule has 0 radical (unpaired) electrons. The Kier molecular flexibility index (Phi) is 8.42. The maximum atomic E-state index is 8.36. The molecule has 0 aliphatic carbocycles. The standard InChI is InChI=1S/C14H21BO2.C2H6.CH2O2/c1-6-11-7-9-12(10-8-11)15-16-13(2,3)14(4,5)17-15;1-2;2-1-3/h7-10H,6H2,1-5H3;1-2H3;1H,(H,2,3). The predicted molar refractivity (Wildman–Crippen MR) is 91.6 cm³/mol. The minimum Gasteiger partial charge on any atom is -0.483 e. The lowest BCUT2D eigenvalue weighted by Gasteiger charge is -2.32. The molecule has 1 heterocycles. The molecule has 4 nitrogen and oxygen atoms in total. The van der Waals surface area contributed by atoms with Gasteiger partial charge in [-0.15, -0.1) is 0 Å². The second kappa shape index (κ2) is 8.96. The summed E-state index contributed by atoms with van der Waals surface area (Å²) in [6, 6.07) is 8.47. The fourth-order valence-electron chi connectivity index (χ4n) is 1.89. The number of carbonyl (C=O) groups is 1. The van der Waals surface area contributed by atoms with Gasteiger partial charge < -0.3 is 14.4 Å². The van der Waals surface area contributed by atoms with Crippen molar-refractivity contribution in [3.63, 3.8) is 0 Å². The molecule has 0 saturated carbocycles. The molecule has 5 heteroatoms. The predicted octanol–water partition coefficient (Wildman–Crippen LogP) is 3.28. The van der Waals surface area contributed by atoms with Crippen molar-refractivity contribution in [1.82, 2.24) is 0 Å².